The molecule has 1 heterocycles. The fourth-order valence-corrected chi connectivity index (χ4v) is 2.59. The van der Waals surface area contributed by atoms with E-state index < -0.39 is 11.9 Å². The van der Waals surface area contributed by atoms with E-state index in [4.69, 9.17) is 20.8 Å². The highest BCUT2D eigenvalue weighted by Crippen LogP contribution is 2.18. The molecule has 0 radical (unpaired) electrons. The minimum atomic E-state index is -0.536. The van der Waals surface area contributed by atoms with Crippen molar-refractivity contribution >= 4 is 29.6 Å². The first-order valence-corrected chi connectivity index (χ1v) is 8.93. The summed E-state index contributed by atoms with van der Waals surface area (Å²) in [6.07, 6.45) is 2.95. The molecule has 0 fully saturated rings. The van der Waals surface area contributed by atoms with Crippen molar-refractivity contribution in [2.75, 3.05) is 0 Å². The number of amides is 1. The highest BCUT2D eigenvalue weighted by Gasteiger charge is 2.11. The normalized spacial score (nSPS) is 10.8. The Hall–Kier alpha value is -3.82. The topological polar surface area (TPSA) is 92.3 Å². The van der Waals surface area contributed by atoms with E-state index in [-0.39, 0.29) is 12.1 Å². The molecule has 2 aromatic carbocycles. The van der Waals surface area contributed by atoms with Crippen LogP contribution < -0.4 is 10.1 Å². The molecule has 0 aliphatic rings. The van der Waals surface area contributed by atoms with Crippen molar-refractivity contribution in [2.45, 2.75) is 6.54 Å². The monoisotopic (exact) mass is 406 g/mol. The number of hydrogen-bond donors (Lipinski definition) is 1. The lowest BCUT2D eigenvalue weighted by Gasteiger charge is -2.05. The van der Waals surface area contributed by atoms with Crippen LogP contribution in [0.5, 0.6) is 5.75 Å². The molecule has 3 rings (SSSR count). The maximum atomic E-state index is 12.1. The quantitative estimate of drug-likeness (QED) is 0.284. The summed E-state index contributed by atoms with van der Waals surface area (Å²) in [6.45, 7) is 0.184. The second-order valence-corrected chi connectivity index (χ2v) is 6.34. The number of benzene rings is 2. The van der Waals surface area contributed by atoms with Gasteiger partial charge in [0.1, 0.15) is 23.2 Å². The smallest absolute Gasteiger partial charge is 0.343 e. The largest absolute Gasteiger partial charge is 0.467 e. The third kappa shape index (κ3) is 5.58. The zero-order valence-corrected chi connectivity index (χ0v) is 15.8. The molecule has 0 aliphatic heterocycles. The molecule has 1 amide bonds. The molecule has 29 heavy (non-hydrogen) atoms. The molecule has 0 unspecified atom stereocenters. The average Bonchev–Trinajstić information content (AvgIpc) is 3.25. The Kier molecular flexibility index (Phi) is 6.46. The molecule has 7 heteroatoms. The number of carbonyl (C=O) groups excluding carboxylic acids is 2. The molecule has 6 nitrogen and oxygen atoms in total. The van der Waals surface area contributed by atoms with Gasteiger partial charge in [0, 0.05) is 5.02 Å². The molecular formula is C22H15ClN2O4. The molecule has 0 saturated carbocycles. The van der Waals surface area contributed by atoms with Crippen molar-refractivity contribution in [3.8, 4) is 11.8 Å². The van der Waals surface area contributed by atoms with Crippen LogP contribution in [0, 0.1) is 11.3 Å². The molecule has 1 N–H and O–H groups in total. The van der Waals surface area contributed by atoms with E-state index in [2.05, 4.69) is 5.32 Å². The van der Waals surface area contributed by atoms with E-state index in [1.165, 1.54) is 18.4 Å². The van der Waals surface area contributed by atoms with Gasteiger partial charge in [-0.3, -0.25) is 4.79 Å². The van der Waals surface area contributed by atoms with Crippen LogP contribution in [0.1, 0.15) is 21.7 Å². The van der Waals surface area contributed by atoms with Crippen LogP contribution in [0.3, 0.4) is 0 Å². The number of furan rings is 1. The fraction of sp³-hybridized carbons (Fsp3) is 0.0455. The summed E-state index contributed by atoms with van der Waals surface area (Å²) >= 11 is 5.87. The Morgan fingerprint density at radius 3 is 2.59 bits per heavy atom. The first kappa shape index (κ1) is 19.9. The third-order valence-electron chi connectivity index (χ3n) is 3.83. The van der Waals surface area contributed by atoms with Gasteiger partial charge in [0.2, 0.25) is 0 Å². The molecule has 3 aromatic rings. The minimum Gasteiger partial charge on any atom is -0.467 e. The van der Waals surface area contributed by atoms with Gasteiger partial charge in [-0.1, -0.05) is 29.8 Å². The van der Waals surface area contributed by atoms with E-state index in [1.807, 2.05) is 6.07 Å². The summed E-state index contributed by atoms with van der Waals surface area (Å²) in [5.74, 6) is -0.138. The predicted octanol–water partition coefficient (Wildman–Crippen LogP) is 4.38. The number of nitrogens with zero attached hydrogens (tertiary/aromatic N) is 1. The van der Waals surface area contributed by atoms with Gasteiger partial charge in [0.05, 0.1) is 18.4 Å². The van der Waals surface area contributed by atoms with E-state index in [9.17, 15) is 14.9 Å². The highest BCUT2D eigenvalue weighted by molar-refractivity contribution is 6.30. The molecule has 0 spiro atoms. The van der Waals surface area contributed by atoms with Crippen LogP contribution in [-0.2, 0) is 11.3 Å². The standard InChI is InChI=1S/C22H15ClN2O4/c23-18-4-1-3-16(12-18)22(27)29-19-8-6-15(7-9-19)11-17(13-24)21(26)25-14-20-5-2-10-28-20/h1-12H,14H2,(H,25,26)/b17-11+. The molecule has 0 saturated heterocycles. The number of rotatable bonds is 6. The fourth-order valence-electron chi connectivity index (χ4n) is 2.40. The Bertz CT molecular complexity index is 1080. The molecule has 0 aliphatic carbocycles. The average molecular weight is 407 g/mol. The third-order valence-corrected chi connectivity index (χ3v) is 4.07. The number of esters is 1. The van der Waals surface area contributed by atoms with Crippen molar-refractivity contribution in [3.63, 3.8) is 0 Å². The van der Waals surface area contributed by atoms with Crippen LogP contribution in [0.25, 0.3) is 6.08 Å². The molecule has 0 atom stereocenters. The SMILES string of the molecule is N#C/C(=C\c1ccc(OC(=O)c2cccc(Cl)c2)cc1)C(=O)NCc1ccco1. The first-order valence-electron chi connectivity index (χ1n) is 8.55. The van der Waals surface area contributed by atoms with Gasteiger partial charge >= 0.3 is 5.97 Å². The van der Waals surface area contributed by atoms with Crippen molar-refractivity contribution in [3.05, 3.63) is 94.4 Å². The van der Waals surface area contributed by atoms with E-state index >= 15 is 0 Å². The number of carbonyl (C=O) groups is 2. The molecule has 0 bridgehead atoms. The summed E-state index contributed by atoms with van der Waals surface area (Å²) in [5, 5.41) is 12.3. The van der Waals surface area contributed by atoms with Crippen LogP contribution in [-0.4, -0.2) is 11.9 Å². The van der Waals surface area contributed by atoms with E-state index in [0.29, 0.717) is 27.7 Å². The molecular weight excluding hydrogens is 392 g/mol. The Morgan fingerprint density at radius 1 is 1.14 bits per heavy atom. The van der Waals surface area contributed by atoms with E-state index in [1.54, 1.807) is 54.6 Å². The molecule has 144 valence electrons. The van der Waals surface area contributed by atoms with Crippen molar-refractivity contribution < 1.29 is 18.7 Å². The minimum absolute atomic E-state index is 0.0553. The Morgan fingerprint density at radius 2 is 1.93 bits per heavy atom. The van der Waals surface area contributed by atoms with E-state index in [0.717, 1.165) is 0 Å². The zero-order chi connectivity index (χ0) is 20.6. The maximum Gasteiger partial charge on any atom is 0.343 e. The summed E-state index contributed by atoms with van der Waals surface area (Å²) in [5.41, 5.74) is 0.888. The van der Waals surface area contributed by atoms with Gasteiger partial charge in [-0.05, 0) is 54.1 Å². The number of nitrogens with one attached hydrogen (secondary N) is 1. The van der Waals surface area contributed by atoms with Crippen molar-refractivity contribution in [2.24, 2.45) is 0 Å². The van der Waals surface area contributed by atoms with Crippen molar-refractivity contribution in [1.82, 2.24) is 5.32 Å². The predicted molar refractivity (Wildman–Crippen MR) is 107 cm³/mol. The summed E-state index contributed by atoms with van der Waals surface area (Å²) in [7, 11) is 0. The lowest BCUT2D eigenvalue weighted by Crippen LogP contribution is -2.23. The summed E-state index contributed by atoms with van der Waals surface area (Å²) < 4.78 is 10.4. The number of nitriles is 1. The van der Waals surface area contributed by atoms with Gasteiger partial charge in [0.25, 0.3) is 5.91 Å². The van der Waals surface area contributed by atoms with Crippen LogP contribution in [0.4, 0.5) is 0 Å². The summed E-state index contributed by atoms with van der Waals surface area (Å²) in [6, 6.07) is 18.2. The maximum absolute atomic E-state index is 12.1. The van der Waals surface area contributed by atoms with Gasteiger partial charge in [-0.15, -0.1) is 0 Å². The molecule has 1 aromatic heterocycles. The Labute approximate surface area is 172 Å². The second kappa shape index (κ2) is 9.40. The first-order chi connectivity index (χ1) is 14.0. The van der Waals surface area contributed by atoms with Crippen molar-refractivity contribution in [1.29, 1.82) is 5.26 Å². The number of ether oxygens (including phenoxy) is 1. The van der Waals surface area contributed by atoms with Gasteiger partial charge in [-0.2, -0.15) is 5.26 Å². The Balaban J connectivity index is 1.64. The second-order valence-electron chi connectivity index (χ2n) is 5.90. The van der Waals surface area contributed by atoms with Gasteiger partial charge in [0.15, 0.2) is 0 Å². The highest BCUT2D eigenvalue weighted by atomic mass is 35.5. The lowest BCUT2D eigenvalue weighted by atomic mass is 10.1. The summed E-state index contributed by atoms with van der Waals surface area (Å²) in [4.78, 5) is 24.3. The van der Waals surface area contributed by atoms with Crippen LogP contribution >= 0.6 is 11.6 Å². The zero-order valence-electron chi connectivity index (χ0n) is 15.1. The lowest BCUT2D eigenvalue weighted by molar-refractivity contribution is -0.117. The number of halogens is 1. The van der Waals surface area contributed by atoms with Crippen LogP contribution in [0.2, 0.25) is 5.02 Å². The number of hydrogen-bond acceptors (Lipinski definition) is 5. The van der Waals surface area contributed by atoms with Gasteiger partial charge in [-0.25, -0.2) is 4.79 Å². The van der Waals surface area contributed by atoms with Crippen LogP contribution in [0.15, 0.2) is 76.9 Å². The van der Waals surface area contributed by atoms with Gasteiger partial charge < -0.3 is 14.5 Å².